The molecule has 21 heavy (non-hydrogen) atoms. The monoisotopic (exact) mass is 290 g/mol. The molecule has 1 fully saturated rings. The molecule has 0 bridgehead atoms. The normalized spacial score (nSPS) is 29.9. The third-order valence-electron chi connectivity index (χ3n) is 4.84. The second kappa shape index (κ2) is 4.79. The molecule has 0 aromatic rings. The van der Waals surface area contributed by atoms with E-state index in [1.54, 1.807) is 6.92 Å². The van der Waals surface area contributed by atoms with Crippen LogP contribution in [0.15, 0.2) is 11.1 Å². The van der Waals surface area contributed by atoms with E-state index in [1.165, 1.54) is 0 Å². The lowest BCUT2D eigenvalue weighted by Gasteiger charge is -2.40. The highest BCUT2D eigenvalue weighted by Crippen LogP contribution is 2.40. The van der Waals surface area contributed by atoms with Crippen molar-refractivity contribution in [1.82, 2.24) is 10.2 Å². The molecule has 1 atom stereocenters. The molecule has 1 unspecified atom stereocenters. The van der Waals surface area contributed by atoms with Crippen molar-refractivity contribution < 1.29 is 19.2 Å². The summed E-state index contributed by atoms with van der Waals surface area (Å²) in [5, 5.41) is 2.28. The molecular weight excluding hydrogens is 272 g/mol. The van der Waals surface area contributed by atoms with Gasteiger partial charge in [0.25, 0.3) is 17.7 Å². The van der Waals surface area contributed by atoms with Crippen LogP contribution < -0.4 is 5.32 Å². The fourth-order valence-corrected chi connectivity index (χ4v) is 3.58. The first-order valence-corrected chi connectivity index (χ1v) is 7.46. The maximum absolute atomic E-state index is 12.6. The minimum atomic E-state index is -1.21. The molecule has 3 aliphatic rings. The van der Waals surface area contributed by atoms with Crippen LogP contribution in [0.4, 0.5) is 0 Å². The minimum Gasteiger partial charge on any atom is -0.294 e. The Balaban J connectivity index is 2.00. The largest absolute Gasteiger partial charge is 0.294 e. The summed E-state index contributed by atoms with van der Waals surface area (Å²) in [6.07, 6.45) is 3.70. The maximum Gasteiger partial charge on any atom is 0.258 e. The zero-order chi connectivity index (χ0) is 15.2. The summed E-state index contributed by atoms with van der Waals surface area (Å²) in [6, 6.07) is 0. The quantitative estimate of drug-likeness (QED) is 0.763. The summed E-state index contributed by atoms with van der Waals surface area (Å²) < 4.78 is 0. The highest BCUT2D eigenvalue weighted by Gasteiger charge is 2.55. The molecule has 0 radical (unpaired) electrons. The number of hydrogen-bond donors (Lipinski definition) is 1. The van der Waals surface area contributed by atoms with Crippen LogP contribution in [0.5, 0.6) is 0 Å². The molecule has 112 valence electrons. The predicted molar refractivity (Wildman–Crippen MR) is 72.8 cm³/mol. The van der Waals surface area contributed by atoms with E-state index in [1.807, 2.05) is 0 Å². The molecule has 6 nitrogen and oxygen atoms in total. The molecular formula is C15H18N2O4. The summed E-state index contributed by atoms with van der Waals surface area (Å²) in [7, 11) is 0. The number of nitrogens with one attached hydrogen (secondary N) is 1. The number of carbonyl (C=O) groups is 4. The number of hydrogen-bond acceptors (Lipinski definition) is 4. The van der Waals surface area contributed by atoms with Crippen molar-refractivity contribution in [3.8, 4) is 0 Å². The van der Waals surface area contributed by atoms with Crippen LogP contribution in [0.3, 0.4) is 0 Å². The zero-order valence-electron chi connectivity index (χ0n) is 12.0. The number of amides is 4. The van der Waals surface area contributed by atoms with Gasteiger partial charge in [-0.2, -0.15) is 0 Å². The van der Waals surface area contributed by atoms with Gasteiger partial charge < -0.3 is 0 Å². The summed E-state index contributed by atoms with van der Waals surface area (Å²) >= 11 is 0. The van der Waals surface area contributed by atoms with Crippen molar-refractivity contribution in [1.29, 1.82) is 0 Å². The van der Waals surface area contributed by atoms with Gasteiger partial charge in [-0.15, -0.1) is 0 Å². The van der Waals surface area contributed by atoms with E-state index < -0.39 is 11.4 Å². The molecule has 0 spiro atoms. The Hall–Kier alpha value is -1.98. The second-order valence-corrected chi connectivity index (χ2v) is 5.87. The third kappa shape index (κ3) is 1.85. The van der Waals surface area contributed by atoms with Gasteiger partial charge in [-0.3, -0.25) is 29.4 Å². The molecule has 0 aromatic carbocycles. The van der Waals surface area contributed by atoms with E-state index in [0.717, 1.165) is 17.7 Å². The third-order valence-corrected chi connectivity index (χ3v) is 4.84. The average Bonchev–Trinajstić information content (AvgIpc) is 2.74. The number of rotatable bonds is 2. The predicted octanol–water partition coefficient (Wildman–Crippen LogP) is 0.811. The molecule has 0 saturated carbocycles. The van der Waals surface area contributed by atoms with Gasteiger partial charge in [-0.1, -0.05) is 6.92 Å². The van der Waals surface area contributed by atoms with Gasteiger partial charge in [0.2, 0.25) is 5.91 Å². The van der Waals surface area contributed by atoms with Crippen molar-refractivity contribution in [2.45, 2.75) is 57.4 Å². The van der Waals surface area contributed by atoms with Crippen LogP contribution in [-0.4, -0.2) is 34.1 Å². The Bertz CT molecular complexity index is 564. The first kappa shape index (κ1) is 14.0. The minimum absolute atomic E-state index is 0.154. The van der Waals surface area contributed by atoms with Gasteiger partial charge in [0.1, 0.15) is 5.54 Å². The van der Waals surface area contributed by atoms with Crippen LogP contribution >= 0.6 is 0 Å². The first-order chi connectivity index (χ1) is 10.0. The van der Waals surface area contributed by atoms with Gasteiger partial charge >= 0.3 is 0 Å². The summed E-state index contributed by atoms with van der Waals surface area (Å²) in [5.74, 6) is -1.54. The summed E-state index contributed by atoms with van der Waals surface area (Å²) in [6.45, 7) is 1.77. The summed E-state index contributed by atoms with van der Waals surface area (Å²) in [5.41, 5.74) is -0.0630. The highest BCUT2D eigenvalue weighted by atomic mass is 16.2. The Morgan fingerprint density at radius 1 is 1.00 bits per heavy atom. The molecule has 2 heterocycles. The van der Waals surface area contributed by atoms with Gasteiger partial charge in [-0.25, -0.2) is 0 Å². The fraction of sp³-hybridized carbons (Fsp3) is 0.600. The van der Waals surface area contributed by atoms with Gasteiger partial charge in [0.05, 0.1) is 0 Å². The van der Waals surface area contributed by atoms with Crippen molar-refractivity contribution in [2.75, 3.05) is 0 Å². The van der Waals surface area contributed by atoms with Crippen LogP contribution in [-0.2, 0) is 19.2 Å². The van der Waals surface area contributed by atoms with E-state index in [-0.39, 0.29) is 30.6 Å². The van der Waals surface area contributed by atoms with Gasteiger partial charge in [0, 0.05) is 17.6 Å². The lowest BCUT2D eigenvalue weighted by molar-refractivity contribution is -0.158. The summed E-state index contributed by atoms with van der Waals surface area (Å²) in [4.78, 5) is 50.1. The Labute approximate surface area is 122 Å². The molecule has 3 rings (SSSR count). The Kier molecular flexibility index (Phi) is 3.19. The number of nitrogens with zero attached hydrogens (tertiary/aromatic N) is 1. The van der Waals surface area contributed by atoms with E-state index in [2.05, 4.69) is 5.32 Å². The molecule has 1 saturated heterocycles. The van der Waals surface area contributed by atoms with E-state index in [9.17, 15) is 19.2 Å². The first-order valence-electron chi connectivity index (χ1n) is 7.46. The van der Waals surface area contributed by atoms with E-state index in [0.29, 0.717) is 30.4 Å². The van der Waals surface area contributed by atoms with Gasteiger partial charge in [-0.05, 0) is 38.5 Å². The van der Waals surface area contributed by atoms with E-state index >= 15 is 0 Å². The lowest BCUT2D eigenvalue weighted by Crippen LogP contribution is -2.64. The van der Waals surface area contributed by atoms with Crippen molar-refractivity contribution >= 4 is 23.6 Å². The Morgan fingerprint density at radius 2 is 1.57 bits per heavy atom. The number of imide groups is 2. The van der Waals surface area contributed by atoms with Crippen LogP contribution in [0.25, 0.3) is 0 Å². The second-order valence-electron chi connectivity index (χ2n) is 5.87. The highest BCUT2D eigenvalue weighted by molar-refractivity contribution is 6.22. The van der Waals surface area contributed by atoms with Crippen LogP contribution in [0.2, 0.25) is 0 Å². The molecule has 0 aromatic heterocycles. The molecule has 1 N–H and O–H groups in total. The fourth-order valence-electron chi connectivity index (χ4n) is 3.58. The SMILES string of the molecule is CCC1(N2C(=O)C3=C(CCCC3)C2=O)CCC(=O)NC1=O. The van der Waals surface area contributed by atoms with Crippen molar-refractivity contribution in [2.24, 2.45) is 0 Å². The Morgan fingerprint density at radius 3 is 2.05 bits per heavy atom. The lowest BCUT2D eigenvalue weighted by atomic mass is 9.84. The zero-order valence-corrected chi connectivity index (χ0v) is 12.0. The van der Waals surface area contributed by atoms with Crippen molar-refractivity contribution in [3.05, 3.63) is 11.1 Å². The maximum atomic E-state index is 12.6. The topological polar surface area (TPSA) is 83.6 Å². The number of carbonyl (C=O) groups excluding carboxylic acids is 4. The molecule has 1 aliphatic carbocycles. The van der Waals surface area contributed by atoms with Gasteiger partial charge in [0.15, 0.2) is 0 Å². The molecule has 6 heteroatoms. The van der Waals surface area contributed by atoms with Crippen molar-refractivity contribution in [3.63, 3.8) is 0 Å². The standard InChI is InChI=1S/C15H18N2O4/c1-2-15(8-7-11(18)16-14(15)21)17-12(19)9-5-3-4-6-10(9)13(17)20/h2-8H2,1H3,(H,16,18,21). The van der Waals surface area contributed by atoms with Crippen LogP contribution in [0.1, 0.15) is 51.9 Å². The average molecular weight is 290 g/mol. The number of piperidine rings is 1. The smallest absolute Gasteiger partial charge is 0.258 e. The molecule has 4 amide bonds. The van der Waals surface area contributed by atoms with E-state index in [4.69, 9.17) is 0 Å². The van der Waals surface area contributed by atoms with Crippen LogP contribution in [0, 0.1) is 0 Å². The molecule has 2 aliphatic heterocycles.